The molecular weight excluding hydrogens is 462 g/mol. The van der Waals surface area contributed by atoms with Crippen LogP contribution < -0.4 is 10.6 Å². The summed E-state index contributed by atoms with van der Waals surface area (Å²) < 4.78 is 0.822. The maximum Gasteiger partial charge on any atom is 0.335 e. The first kappa shape index (κ1) is 22.0. The van der Waals surface area contributed by atoms with Crippen molar-refractivity contribution in [3.63, 3.8) is 0 Å². The molecule has 0 radical (unpaired) electrons. The number of carboxylic acids is 1. The predicted molar refractivity (Wildman–Crippen MR) is 127 cm³/mol. The Bertz CT molecular complexity index is 1470. The summed E-state index contributed by atoms with van der Waals surface area (Å²) in [6, 6.07) is 19.4. The van der Waals surface area contributed by atoms with E-state index in [1.54, 1.807) is 24.3 Å². The van der Waals surface area contributed by atoms with E-state index in [9.17, 15) is 19.5 Å². The maximum atomic E-state index is 13.0. The lowest BCUT2D eigenvalue weighted by Crippen LogP contribution is -2.18. The van der Waals surface area contributed by atoms with Gasteiger partial charge in [0.25, 0.3) is 11.8 Å². The standard InChI is InChI=1S/C24H14ClN3O4S/c25-20-17-6-1-2-7-19(17)33-21(20)23(30)28-18-11-14(24(31)32)8-9-16(18)22(29)27-15-5-3-4-13(10-15)12-26/h1-11H,(H,27,29)(H,28,30)(H,31,32). The smallest absolute Gasteiger partial charge is 0.335 e. The van der Waals surface area contributed by atoms with Crippen LogP contribution in [0.2, 0.25) is 5.02 Å². The molecule has 0 saturated heterocycles. The number of carboxylic acid groups (broad SMARTS) is 1. The molecule has 0 fully saturated rings. The number of carbonyl (C=O) groups excluding carboxylic acids is 2. The largest absolute Gasteiger partial charge is 0.478 e. The summed E-state index contributed by atoms with van der Waals surface area (Å²) in [5, 5.41) is 24.7. The number of benzene rings is 3. The summed E-state index contributed by atoms with van der Waals surface area (Å²) in [5.74, 6) is -2.36. The Morgan fingerprint density at radius 3 is 2.45 bits per heavy atom. The molecule has 3 aromatic carbocycles. The summed E-state index contributed by atoms with van der Waals surface area (Å²) in [6.45, 7) is 0. The number of anilines is 2. The number of aromatic carboxylic acids is 1. The van der Waals surface area contributed by atoms with Crippen LogP contribution in [-0.4, -0.2) is 22.9 Å². The minimum absolute atomic E-state index is 0.0161. The minimum atomic E-state index is -1.21. The Balaban J connectivity index is 1.68. The molecule has 4 rings (SSSR count). The number of nitriles is 1. The van der Waals surface area contributed by atoms with Crippen molar-refractivity contribution in [1.82, 2.24) is 0 Å². The molecule has 1 heterocycles. The zero-order chi connectivity index (χ0) is 23.5. The number of rotatable bonds is 5. The molecule has 33 heavy (non-hydrogen) atoms. The molecule has 0 bridgehead atoms. The third kappa shape index (κ3) is 4.55. The van der Waals surface area contributed by atoms with Crippen molar-refractivity contribution in [2.75, 3.05) is 10.6 Å². The second-order valence-electron chi connectivity index (χ2n) is 6.91. The molecule has 7 nitrogen and oxygen atoms in total. The molecule has 4 aromatic rings. The molecule has 0 spiro atoms. The summed E-state index contributed by atoms with van der Waals surface area (Å²) in [5.41, 5.74) is 0.708. The van der Waals surface area contributed by atoms with Crippen molar-refractivity contribution < 1.29 is 19.5 Å². The molecule has 162 valence electrons. The average Bonchev–Trinajstić information content (AvgIpc) is 3.15. The van der Waals surface area contributed by atoms with Crippen molar-refractivity contribution in [3.05, 3.63) is 93.3 Å². The van der Waals surface area contributed by atoms with E-state index in [2.05, 4.69) is 10.6 Å². The molecule has 9 heteroatoms. The van der Waals surface area contributed by atoms with E-state index in [1.807, 2.05) is 24.3 Å². The number of carbonyl (C=O) groups is 3. The van der Waals surface area contributed by atoms with Gasteiger partial charge in [-0.15, -0.1) is 11.3 Å². The van der Waals surface area contributed by atoms with Crippen LogP contribution in [0.1, 0.15) is 36.0 Å². The van der Waals surface area contributed by atoms with Crippen LogP contribution in [0, 0.1) is 11.3 Å². The normalized spacial score (nSPS) is 10.4. The van der Waals surface area contributed by atoms with Crippen molar-refractivity contribution >= 4 is 62.2 Å². The quantitative estimate of drug-likeness (QED) is 0.345. The molecule has 0 aliphatic carbocycles. The van der Waals surface area contributed by atoms with E-state index in [4.69, 9.17) is 16.9 Å². The lowest BCUT2D eigenvalue weighted by atomic mass is 10.1. The van der Waals surface area contributed by atoms with Crippen LogP contribution in [0.4, 0.5) is 11.4 Å². The highest BCUT2D eigenvalue weighted by atomic mass is 35.5. The first-order valence-corrected chi connectivity index (χ1v) is 10.7. The van der Waals surface area contributed by atoms with Crippen LogP contribution >= 0.6 is 22.9 Å². The Kier molecular flexibility index (Phi) is 6.09. The Morgan fingerprint density at radius 2 is 1.73 bits per heavy atom. The van der Waals surface area contributed by atoms with Gasteiger partial charge in [-0.25, -0.2) is 4.79 Å². The van der Waals surface area contributed by atoms with Gasteiger partial charge < -0.3 is 15.7 Å². The van der Waals surface area contributed by atoms with Crippen LogP contribution in [0.5, 0.6) is 0 Å². The second kappa shape index (κ2) is 9.12. The zero-order valence-electron chi connectivity index (χ0n) is 16.8. The number of nitrogens with zero attached hydrogens (tertiary/aromatic N) is 1. The Hall–Kier alpha value is -4.19. The Morgan fingerprint density at radius 1 is 0.939 bits per heavy atom. The fourth-order valence-electron chi connectivity index (χ4n) is 3.18. The van der Waals surface area contributed by atoms with Crippen molar-refractivity contribution in [3.8, 4) is 6.07 Å². The Labute approximate surface area is 196 Å². The van der Waals surface area contributed by atoms with E-state index in [1.165, 1.54) is 35.6 Å². The number of amides is 2. The van der Waals surface area contributed by atoms with Gasteiger partial charge >= 0.3 is 5.97 Å². The summed E-state index contributed by atoms with van der Waals surface area (Å²) in [6.07, 6.45) is 0. The molecule has 3 N–H and O–H groups in total. The minimum Gasteiger partial charge on any atom is -0.478 e. The second-order valence-corrected chi connectivity index (χ2v) is 8.34. The summed E-state index contributed by atoms with van der Waals surface area (Å²) in [7, 11) is 0. The molecule has 0 aliphatic rings. The predicted octanol–water partition coefficient (Wildman–Crippen LogP) is 5.63. The third-order valence-electron chi connectivity index (χ3n) is 4.75. The monoisotopic (exact) mass is 475 g/mol. The molecule has 0 atom stereocenters. The highest BCUT2D eigenvalue weighted by molar-refractivity contribution is 7.21. The maximum absolute atomic E-state index is 13.0. The topological polar surface area (TPSA) is 119 Å². The molecule has 1 aromatic heterocycles. The molecule has 2 amide bonds. The summed E-state index contributed by atoms with van der Waals surface area (Å²) >= 11 is 7.58. The van der Waals surface area contributed by atoms with Crippen LogP contribution in [-0.2, 0) is 0 Å². The number of hydrogen-bond acceptors (Lipinski definition) is 5. The van der Waals surface area contributed by atoms with Crippen molar-refractivity contribution in [1.29, 1.82) is 5.26 Å². The van der Waals surface area contributed by atoms with Gasteiger partial charge in [0, 0.05) is 15.8 Å². The number of halogens is 1. The number of nitrogens with one attached hydrogen (secondary N) is 2. The van der Waals surface area contributed by atoms with Crippen molar-refractivity contribution in [2.45, 2.75) is 0 Å². The molecular formula is C24H14ClN3O4S. The van der Waals surface area contributed by atoms with E-state index in [0.29, 0.717) is 11.3 Å². The molecule has 0 unspecified atom stereocenters. The zero-order valence-corrected chi connectivity index (χ0v) is 18.3. The van der Waals surface area contributed by atoms with Gasteiger partial charge in [-0.1, -0.05) is 35.9 Å². The van der Waals surface area contributed by atoms with Gasteiger partial charge in [-0.05, 0) is 42.5 Å². The van der Waals surface area contributed by atoms with E-state index in [-0.39, 0.29) is 26.7 Å². The highest BCUT2D eigenvalue weighted by Gasteiger charge is 2.21. The van der Waals surface area contributed by atoms with Gasteiger partial charge in [0.05, 0.1) is 33.5 Å². The lowest BCUT2D eigenvalue weighted by Gasteiger charge is -2.12. The number of hydrogen-bond donors (Lipinski definition) is 3. The van der Waals surface area contributed by atoms with E-state index < -0.39 is 17.8 Å². The highest BCUT2D eigenvalue weighted by Crippen LogP contribution is 2.35. The van der Waals surface area contributed by atoms with Crippen LogP contribution in [0.25, 0.3) is 10.1 Å². The van der Waals surface area contributed by atoms with Gasteiger partial charge in [0.15, 0.2) is 0 Å². The van der Waals surface area contributed by atoms with Gasteiger partial charge in [-0.3, -0.25) is 9.59 Å². The van der Waals surface area contributed by atoms with Crippen LogP contribution in [0.3, 0.4) is 0 Å². The summed E-state index contributed by atoms with van der Waals surface area (Å²) in [4.78, 5) is 37.6. The van der Waals surface area contributed by atoms with Gasteiger partial charge in [0.1, 0.15) is 4.88 Å². The SMILES string of the molecule is N#Cc1cccc(NC(=O)c2ccc(C(=O)O)cc2NC(=O)c2sc3ccccc3c2Cl)c1. The molecule has 0 saturated carbocycles. The van der Waals surface area contributed by atoms with Gasteiger partial charge in [0.2, 0.25) is 0 Å². The fourth-order valence-corrected chi connectivity index (χ4v) is 4.60. The number of thiophene rings is 1. The first-order valence-electron chi connectivity index (χ1n) is 9.54. The molecule has 0 aliphatic heterocycles. The van der Waals surface area contributed by atoms with Crippen LogP contribution in [0.15, 0.2) is 66.7 Å². The number of fused-ring (bicyclic) bond motifs is 1. The lowest BCUT2D eigenvalue weighted by molar-refractivity contribution is 0.0696. The van der Waals surface area contributed by atoms with E-state index in [0.717, 1.165) is 10.1 Å². The first-order chi connectivity index (χ1) is 15.9. The van der Waals surface area contributed by atoms with Gasteiger partial charge in [-0.2, -0.15) is 5.26 Å². The average molecular weight is 476 g/mol. The third-order valence-corrected chi connectivity index (χ3v) is 6.42. The van der Waals surface area contributed by atoms with Crippen molar-refractivity contribution in [2.24, 2.45) is 0 Å². The van der Waals surface area contributed by atoms with E-state index >= 15 is 0 Å². The fraction of sp³-hybridized carbons (Fsp3) is 0.